The molecule has 0 unspecified atom stereocenters. The number of hydrogen-bond donors (Lipinski definition) is 1. The van der Waals surface area contributed by atoms with Gasteiger partial charge in [0, 0.05) is 72.7 Å². The van der Waals surface area contributed by atoms with Crippen molar-refractivity contribution in [1.82, 2.24) is 0 Å². The maximum atomic E-state index is 8.59. The second-order valence-corrected chi connectivity index (χ2v) is 5.55. The lowest BCUT2D eigenvalue weighted by Crippen LogP contribution is -2.07. The second kappa shape index (κ2) is 22.8. The summed E-state index contributed by atoms with van der Waals surface area (Å²) in [6.45, 7) is 9.69. The summed E-state index contributed by atoms with van der Waals surface area (Å²) in [5, 5.41) is 8.59. The van der Waals surface area contributed by atoms with Gasteiger partial charge in [-0.25, -0.2) is 0 Å². The number of aliphatic hydroxyl groups excluding tert-OH is 1. The van der Waals surface area contributed by atoms with E-state index in [1.807, 2.05) is 0 Å². The molecule has 0 aromatic carbocycles. The van der Waals surface area contributed by atoms with Crippen LogP contribution in [0, 0.1) is 0 Å². The van der Waals surface area contributed by atoms with E-state index in [0.717, 1.165) is 85.0 Å². The van der Waals surface area contributed by atoms with E-state index in [1.165, 1.54) is 0 Å². The Balaban J connectivity index is 2.93. The molecule has 24 heavy (non-hydrogen) atoms. The van der Waals surface area contributed by atoms with Crippen LogP contribution in [0.5, 0.6) is 0 Å². The quantitative estimate of drug-likeness (QED) is 0.321. The molecule has 0 aromatic rings. The molecule has 0 saturated heterocycles. The fourth-order valence-electron chi connectivity index (χ4n) is 1.87. The van der Waals surface area contributed by atoms with Crippen LogP contribution in [0.3, 0.4) is 0 Å². The van der Waals surface area contributed by atoms with E-state index in [1.54, 1.807) is 0 Å². The Morgan fingerprint density at radius 2 is 0.750 bits per heavy atom. The van der Waals surface area contributed by atoms with Crippen LogP contribution < -0.4 is 0 Å². The van der Waals surface area contributed by atoms with E-state index in [0.29, 0.717) is 19.6 Å². The van der Waals surface area contributed by atoms with Crippen LogP contribution in [-0.2, 0) is 23.7 Å². The monoisotopic (exact) mass is 350 g/mol. The van der Waals surface area contributed by atoms with Crippen LogP contribution in [0.25, 0.3) is 0 Å². The molecule has 6 nitrogen and oxygen atoms in total. The molecular formula is C18H38O6. The Bertz CT molecular complexity index is 194. The van der Waals surface area contributed by atoms with Gasteiger partial charge in [0.1, 0.15) is 0 Å². The zero-order valence-electron chi connectivity index (χ0n) is 15.5. The summed E-state index contributed by atoms with van der Waals surface area (Å²) in [5.41, 5.74) is 0. The predicted molar refractivity (Wildman–Crippen MR) is 94.6 cm³/mol. The first kappa shape index (κ1) is 23.8. The molecule has 0 fully saturated rings. The molecule has 0 radical (unpaired) electrons. The van der Waals surface area contributed by atoms with Crippen LogP contribution in [-0.4, -0.2) is 77.8 Å². The van der Waals surface area contributed by atoms with E-state index < -0.39 is 0 Å². The van der Waals surface area contributed by atoms with Gasteiger partial charge in [-0.15, -0.1) is 0 Å². The molecule has 0 aliphatic carbocycles. The average Bonchev–Trinajstić information content (AvgIpc) is 2.60. The summed E-state index contributed by atoms with van der Waals surface area (Å²) >= 11 is 0. The minimum Gasteiger partial charge on any atom is -0.396 e. The van der Waals surface area contributed by atoms with E-state index in [9.17, 15) is 0 Å². The zero-order valence-corrected chi connectivity index (χ0v) is 15.5. The number of rotatable bonds is 21. The van der Waals surface area contributed by atoms with E-state index in [4.69, 9.17) is 28.8 Å². The van der Waals surface area contributed by atoms with Gasteiger partial charge < -0.3 is 28.8 Å². The largest absolute Gasteiger partial charge is 0.396 e. The Labute approximate surface area is 147 Å². The van der Waals surface area contributed by atoms with Gasteiger partial charge >= 0.3 is 0 Å². The van der Waals surface area contributed by atoms with Crippen LogP contribution in [0.1, 0.15) is 45.4 Å². The van der Waals surface area contributed by atoms with Crippen molar-refractivity contribution in [3.05, 3.63) is 0 Å². The van der Waals surface area contributed by atoms with E-state index in [-0.39, 0.29) is 6.61 Å². The Morgan fingerprint density at radius 3 is 1.04 bits per heavy atom. The molecule has 0 atom stereocenters. The van der Waals surface area contributed by atoms with Gasteiger partial charge in [0.25, 0.3) is 0 Å². The first-order chi connectivity index (χ1) is 11.9. The van der Waals surface area contributed by atoms with Crippen molar-refractivity contribution in [2.45, 2.75) is 45.4 Å². The number of aliphatic hydroxyl groups is 1. The van der Waals surface area contributed by atoms with E-state index >= 15 is 0 Å². The van der Waals surface area contributed by atoms with Crippen LogP contribution >= 0.6 is 0 Å². The Kier molecular flexibility index (Phi) is 22.5. The fourth-order valence-corrected chi connectivity index (χ4v) is 1.87. The number of ether oxygens (including phenoxy) is 5. The molecule has 0 aromatic heterocycles. The fraction of sp³-hybridized carbons (Fsp3) is 1.00. The highest BCUT2D eigenvalue weighted by Gasteiger charge is 1.94. The third-order valence-electron chi connectivity index (χ3n) is 3.10. The van der Waals surface area contributed by atoms with Gasteiger partial charge in [0.2, 0.25) is 0 Å². The Morgan fingerprint density at radius 1 is 0.458 bits per heavy atom. The van der Waals surface area contributed by atoms with Crippen molar-refractivity contribution in [3.8, 4) is 0 Å². The first-order valence-electron chi connectivity index (χ1n) is 9.41. The van der Waals surface area contributed by atoms with Crippen molar-refractivity contribution >= 4 is 0 Å². The van der Waals surface area contributed by atoms with Gasteiger partial charge in [-0.2, -0.15) is 0 Å². The van der Waals surface area contributed by atoms with Crippen molar-refractivity contribution in [1.29, 1.82) is 0 Å². The summed E-state index contributed by atoms with van der Waals surface area (Å²) < 4.78 is 27.2. The Hall–Kier alpha value is -0.240. The highest BCUT2D eigenvalue weighted by Crippen LogP contribution is 1.93. The lowest BCUT2D eigenvalue weighted by atomic mass is 10.4. The molecule has 0 saturated carbocycles. The molecule has 0 spiro atoms. The summed E-state index contributed by atoms with van der Waals surface area (Å²) in [7, 11) is 0. The van der Waals surface area contributed by atoms with E-state index in [2.05, 4.69) is 6.92 Å². The normalized spacial score (nSPS) is 11.2. The molecule has 0 aliphatic rings. The SMILES string of the molecule is CCCOCCCOCCCOCCCOCCCOCCCO. The summed E-state index contributed by atoms with van der Waals surface area (Å²) in [6, 6.07) is 0. The topological polar surface area (TPSA) is 66.4 Å². The van der Waals surface area contributed by atoms with Crippen LogP contribution in [0.2, 0.25) is 0 Å². The van der Waals surface area contributed by atoms with Gasteiger partial charge in [-0.1, -0.05) is 6.92 Å². The molecule has 0 bridgehead atoms. The second-order valence-electron chi connectivity index (χ2n) is 5.55. The summed E-state index contributed by atoms with van der Waals surface area (Å²) in [4.78, 5) is 0. The molecule has 0 heterocycles. The minimum atomic E-state index is 0.191. The van der Waals surface area contributed by atoms with Crippen molar-refractivity contribution in [2.24, 2.45) is 0 Å². The van der Waals surface area contributed by atoms with Gasteiger partial charge in [-0.3, -0.25) is 0 Å². The molecule has 0 aliphatic heterocycles. The standard InChI is InChI=1S/C18H38O6/c1-2-9-20-11-4-13-22-15-6-17-24-18-7-16-23-14-5-12-21-10-3-8-19/h19H,2-18H2,1H3. The lowest BCUT2D eigenvalue weighted by molar-refractivity contribution is 0.0481. The van der Waals surface area contributed by atoms with Crippen LogP contribution in [0.15, 0.2) is 0 Å². The van der Waals surface area contributed by atoms with Crippen molar-refractivity contribution in [2.75, 3.05) is 72.7 Å². The molecule has 146 valence electrons. The molecule has 0 amide bonds. The predicted octanol–water partition coefficient (Wildman–Crippen LogP) is 2.42. The van der Waals surface area contributed by atoms with Crippen molar-refractivity contribution < 1.29 is 28.8 Å². The zero-order chi connectivity index (χ0) is 17.6. The first-order valence-corrected chi connectivity index (χ1v) is 9.41. The maximum absolute atomic E-state index is 8.59. The van der Waals surface area contributed by atoms with Gasteiger partial charge in [-0.05, 0) is 38.5 Å². The van der Waals surface area contributed by atoms with Crippen molar-refractivity contribution in [3.63, 3.8) is 0 Å². The summed E-state index contributed by atoms with van der Waals surface area (Å²) in [5.74, 6) is 0. The molecule has 0 rings (SSSR count). The molecular weight excluding hydrogens is 312 g/mol. The number of hydrogen-bond acceptors (Lipinski definition) is 6. The maximum Gasteiger partial charge on any atom is 0.0488 e. The average molecular weight is 350 g/mol. The van der Waals surface area contributed by atoms with Gasteiger partial charge in [0.05, 0.1) is 0 Å². The molecule has 1 N–H and O–H groups in total. The smallest absolute Gasteiger partial charge is 0.0488 e. The molecule has 6 heteroatoms. The van der Waals surface area contributed by atoms with Gasteiger partial charge in [0.15, 0.2) is 0 Å². The van der Waals surface area contributed by atoms with Crippen LogP contribution in [0.4, 0.5) is 0 Å². The highest BCUT2D eigenvalue weighted by molar-refractivity contribution is 4.41. The lowest BCUT2D eigenvalue weighted by Gasteiger charge is -2.07. The third-order valence-corrected chi connectivity index (χ3v) is 3.10. The summed E-state index contributed by atoms with van der Waals surface area (Å²) in [6.07, 6.45) is 5.49. The third kappa shape index (κ3) is 21.8. The minimum absolute atomic E-state index is 0.191. The highest BCUT2D eigenvalue weighted by atomic mass is 16.5.